The molecule has 0 saturated carbocycles. The maximum Gasteiger partial charge on any atom is 0.310 e. The summed E-state index contributed by atoms with van der Waals surface area (Å²) in [5.41, 5.74) is 5.62. The minimum Gasteiger partial charge on any atom is -0.466 e. The summed E-state index contributed by atoms with van der Waals surface area (Å²) in [5, 5.41) is 10.7. The monoisotopic (exact) mass is 258 g/mol. The zero-order valence-electron chi connectivity index (χ0n) is 9.10. The van der Waals surface area contributed by atoms with Crippen molar-refractivity contribution in [2.24, 2.45) is 0 Å². The molecule has 1 rings (SSSR count). The molecule has 0 aromatic heterocycles. The van der Waals surface area contributed by atoms with E-state index in [1.54, 1.807) is 6.92 Å². The number of anilines is 1. The second kappa shape index (κ2) is 5.49. The van der Waals surface area contributed by atoms with Gasteiger partial charge in [-0.2, -0.15) is 0 Å². The largest absolute Gasteiger partial charge is 0.466 e. The van der Waals surface area contributed by atoms with E-state index in [0.717, 1.165) is 0 Å². The Morgan fingerprint density at radius 1 is 1.59 bits per heavy atom. The van der Waals surface area contributed by atoms with E-state index in [1.165, 1.54) is 12.1 Å². The lowest BCUT2D eigenvalue weighted by Gasteiger charge is -2.05. The van der Waals surface area contributed by atoms with Gasteiger partial charge in [-0.25, -0.2) is 0 Å². The van der Waals surface area contributed by atoms with Crippen LogP contribution in [0.25, 0.3) is 0 Å². The van der Waals surface area contributed by atoms with E-state index < -0.39 is 10.9 Å². The molecule has 1 aromatic rings. The number of hydrogen-bond donors (Lipinski definition) is 1. The van der Waals surface area contributed by atoms with E-state index in [1.807, 2.05) is 0 Å². The number of halogens is 1. The number of nitro groups is 1. The number of hydrogen-bond acceptors (Lipinski definition) is 5. The average molecular weight is 259 g/mol. The summed E-state index contributed by atoms with van der Waals surface area (Å²) in [6.07, 6.45) is -0.227. The Labute approximate surface area is 102 Å². The summed E-state index contributed by atoms with van der Waals surface area (Å²) >= 11 is 5.72. The molecule has 7 heteroatoms. The van der Waals surface area contributed by atoms with Gasteiger partial charge in [-0.3, -0.25) is 14.9 Å². The van der Waals surface area contributed by atoms with Crippen molar-refractivity contribution >= 4 is 28.9 Å². The summed E-state index contributed by atoms with van der Waals surface area (Å²) in [4.78, 5) is 21.5. The van der Waals surface area contributed by atoms with Crippen molar-refractivity contribution in [3.63, 3.8) is 0 Å². The zero-order valence-corrected chi connectivity index (χ0v) is 9.86. The number of carbonyl (C=O) groups excluding carboxylic acids is 1. The number of carbonyl (C=O) groups is 1. The van der Waals surface area contributed by atoms with Gasteiger partial charge in [0.25, 0.3) is 5.69 Å². The minimum atomic E-state index is -0.643. The van der Waals surface area contributed by atoms with Gasteiger partial charge in [0.1, 0.15) is 5.02 Å². The van der Waals surface area contributed by atoms with E-state index in [-0.39, 0.29) is 35.0 Å². The topological polar surface area (TPSA) is 95.5 Å². The SMILES string of the molecule is CCOC(=O)Cc1cc(N)cc(Cl)c1[N+](=O)[O-]. The molecule has 0 radical (unpaired) electrons. The van der Waals surface area contributed by atoms with Crippen LogP contribution in [0.1, 0.15) is 12.5 Å². The number of benzene rings is 1. The van der Waals surface area contributed by atoms with Crippen molar-refractivity contribution in [2.45, 2.75) is 13.3 Å². The maximum atomic E-state index is 11.3. The Morgan fingerprint density at radius 2 is 2.24 bits per heavy atom. The molecule has 6 nitrogen and oxygen atoms in total. The quantitative estimate of drug-likeness (QED) is 0.385. The molecule has 0 heterocycles. The third kappa shape index (κ3) is 3.32. The number of rotatable bonds is 4. The van der Waals surface area contributed by atoms with Crippen LogP contribution in [0.3, 0.4) is 0 Å². The van der Waals surface area contributed by atoms with Crippen molar-refractivity contribution in [3.8, 4) is 0 Å². The molecular weight excluding hydrogens is 248 g/mol. The van der Waals surface area contributed by atoms with Gasteiger partial charge in [-0.15, -0.1) is 0 Å². The van der Waals surface area contributed by atoms with Gasteiger partial charge in [0.05, 0.1) is 18.0 Å². The molecule has 0 aliphatic carbocycles. The normalized spacial score (nSPS) is 10.0. The molecule has 0 atom stereocenters. The van der Waals surface area contributed by atoms with Crippen LogP contribution in [0.2, 0.25) is 5.02 Å². The number of ether oxygens (including phenoxy) is 1. The van der Waals surface area contributed by atoms with Gasteiger partial charge in [0, 0.05) is 11.3 Å². The van der Waals surface area contributed by atoms with Crippen molar-refractivity contribution in [2.75, 3.05) is 12.3 Å². The first kappa shape index (κ1) is 13.2. The van der Waals surface area contributed by atoms with E-state index in [0.29, 0.717) is 0 Å². The first-order valence-corrected chi connectivity index (χ1v) is 5.21. The fourth-order valence-electron chi connectivity index (χ4n) is 1.39. The zero-order chi connectivity index (χ0) is 13.0. The van der Waals surface area contributed by atoms with Crippen molar-refractivity contribution in [3.05, 3.63) is 32.8 Å². The minimum absolute atomic E-state index is 0.0886. The molecule has 0 unspecified atom stereocenters. The van der Waals surface area contributed by atoms with Crippen LogP contribution >= 0.6 is 11.6 Å². The molecule has 0 spiro atoms. The van der Waals surface area contributed by atoms with Crippen LogP contribution in [-0.4, -0.2) is 17.5 Å². The van der Waals surface area contributed by atoms with Crippen molar-refractivity contribution in [1.29, 1.82) is 0 Å². The van der Waals surface area contributed by atoms with E-state index in [2.05, 4.69) is 0 Å². The summed E-state index contributed by atoms with van der Waals surface area (Å²) < 4.78 is 4.71. The summed E-state index contributed by atoms with van der Waals surface area (Å²) in [5.74, 6) is -0.558. The lowest BCUT2D eigenvalue weighted by molar-refractivity contribution is -0.385. The van der Waals surface area contributed by atoms with Gasteiger partial charge in [-0.1, -0.05) is 11.6 Å². The second-order valence-electron chi connectivity index (χ2n) is 3.25. The molecule has 2 N–H and O–H groups in total. The molecule has 0 bridgehead atoms. The number of nitrogen functional groups attached to an aromatic ring is 1. The number of nitrogens with two attached hydrogens (primary N) is 1. The highest BCUT2D eigenvalue weighted by Gasteiger charge is 2.21. The predicted octanol–water partition coefficient (Wildman–Crippen LogP) is 1.94. The van der Waals surface area contributed by atoms with Gasteiger partial charge in [0.15, 0.2) is 0 Å². The summed E-state index contributed by atoms with van der Waals surface area (Å²) in [6.45, 7) is 1.86. The molecule has 0 aliphatic rings. The van der Waals surface area contributed by atoms with Crippen LogP contribution in [0.15, 0.2) is 12.1 Å². The third-order valence-electron chi connectivity index (χ3n) is 1.99. The highest BCUT2D eigenvalue weighted by atomic mass is 35.5. The molecule has 17 heavy (non-hydrogen) atoms. The first-order valence-electron chi connectivity index (χ1n) is 4.83. The fourth-order valence-corrected chi connectivity index (χ4v) is 1.70. The molecule has 1 aromatic carbocycles. The Kier molecular flexibility index (Phi) is 4.28. The molecular formula is C10H11ClN2O4. The Morgan fingerprint density at radius 3 is 2.76 bits per heavy atom. The summed E-state index contributed by atoms with van der Waals surface area (Å²) in [6, 6.07) is 2.62. The Balaban J connectivity index is 3.12. The fraction of sp³-hybridized carbons (Fsp3) is 0.300. The second-order valence-corrected chi connectivity index (χ2v) is 3.66. The van der Waals surface area contributed by atoms with Crippen LogP contribution < -0.4 is 5.73 Å². The van der Waals surface area contributed by atoms with Gasteiger partial charge in [-0.05, 0) is 19.1 Å². The molecule has 0 saturated heterocycles. The van der Waals surface area contributed by atoms with Crippen molar-refractivity contribution < 1.29 is 14.5 Å². The van der Waals surface area contributed by atoms with Gasteiger partial charge in [0.2, 0.25) is 0 Å². The summed E-state index contributed by atoms with van der Waals surface area (Å²) in [7, 11) is 0. The van der Waals surface area contributed by atoms with Gasteiger partial charge < -0.3 is 10.5 Å². The lowest BCUT2D eigenvalue weighted by atomic mass is 10.1. The maximum absolute atomic E-state index is 11.3. The number of nitrogens with zero attached hydrogens (tertiary/aromatic N) is 1. The van der Waals surface area contributed by atoms with Crippen LogP contribution in [-0.2, 0) is 16.0 Å². The van der Waals surface area contributed by atoms with E-state index in [9.17, 15) is 14.9 Å². The molecule has 0 amide bonds. The Hall–Kier alpha value is -1.82. The highest BCUT2D eigenvalue weighted by Crippen LogP contribution is 2.31. The first-order chi connectivity index (χ1) is 7.95. The smallest absolute Gasteiger partial charge is 0.310 e. The van der Waals surface area contributed by atoms with Gasteiger partial charge >= 0.3 is 5.97 Å². The van der Waals surface area contributed by atoms with Crippen molar-refractivity contribution in [1.82, 2.24) is 0 Å². The highest BCUT2D eigenvalue weighted by molar-refractivity contribution is 6.33. The van der Waals surface area contributed by atoms with E-state index in [4.69, 9.17) is 22.1 Å². The lowest BCUT2D eigenvalue weighted by Crippen LogP contribution is -2.10. The van der Waals surface area contributed by atoms with Crippen LogP contribution in [0, 0.1) is 10.1 Å². The molecule has 0 aliphatic heterocycles. The Bertz CT molecular complexity index is 462. The molecule has 0 fully saturated rings. The third-order valence-corrected chi connectivity index (χ3v) is 2.28. The average Bonchev–Trinajstić information content (AvgIpc) is 2.15. The standard InChI is InChI=1S/C10H11ClN2O4/c1-2-17-9(14)4-6-3-7(12)5-8(11)10(6)13(15)16/h3,5H,2,4,12H2,1H3. The number of esters is 1. The predicted molar refractivity (Wildman–Crippen MR) is 62.9 cm³/mol. The molecule has 92 valence electrons. The van der Waals surface area contributed by atoms with E-state index >= 15 is 0 Å². The van der Waals surface area contributed by atoms with Crippen LogP contribution in [0.4, 0.5) is 11.4 Å². The number of nitro benzene ring substituents is 1. The van der Waals surface area contributed by atoms with Crippen LogP contribution in [0.5, 0.6) is 0 Å².